The molecule has 0 amide bonds. The molecule has 0 heterocycles. The number of hydrogen-bond acceptors (Lipinski definition) is 5. The number of esters is 1. The smallest absolute Gasteiger partial charge is 0.374 e. The second-order valence-corrected chi connectivity index (χ2v) is 5.33. The highest BCUT2D eigenvalue weighted by atomic mass is 79.9. The molecule has 0 aromatic heterocycles. The quantitative estimate of drug-likeness (QED) is 0.353. The average Bonchev–Trinajstić information content (AvgIpc) is 2.53. The first-order valence-corrected chi connectivity index (χ1v) is 7.17. The molecule has 0 spiro atoms. The van der Waals surface area contributed by atoms with Crippen molar-refractivity contribution in [2.75, 3.05) is 14.2 Å². The fourth-order valence-electron chi connectivity index (χ4n) is 2.04. The molecule has 114 valence electrons. The SMILES string of the molecule is COC(=O)C(=O)CC(=O)c1ccc2c(Br)c(OC)ccc2c1. The molecule has 0 aliphatic carbocycles. The van der Waals surface area contributed by atoms with E-state index in [4.69, 9.17) is 4.74 Å². The van der Waals surface area contributed by atoms with E-state index in [0.717, 1.165) is 22.4 Å². The fraction of sp³-hybridized carbons (Fsp3) is 0.188. The summed E-state index contributed by atoms with van der Waals surface area (Å²) in [5.41, 5.74) is 0.363. The van der Waals surface area contributed by atoms with Gasteiger partial charge in [-0.2, -0.15) is 0 Å². The van der Waals surface area contributed by atoms with Gasteiger partial charge in [0.05, 0.1) is 25.1 Å². The summed E-state index contributed by atoms with van der Waals surface area (Å²) in [5, 5.41) is 1.71. The van der Waals surface area contributed by atoms with Crippen molar-refractivity contribution < 1.29 is 23.9 Å². The van der Waals surface area contributed by atoms with Gasteiger partial charge in [0, 0.05) is 5.56 Å². The third kappa shape index (κ3) is 3.17. The van der Waals surface area contributed by atoms with E-state index in [1.807, 2.05) is 6.07 Å². The molecule has 0 saturated heterocycles. The molecule has 0 fully saturated rings. The highest BCUT2D eigenvalue weighted by molar-refractivity contribution is 9.10. The maximum absolute atomic E-state index is 12.1. The van der Waals surface area contributed by atoms with Crippen molar-refractivity contribution in [1.29, 1.82) is 0 Å². The molecule has 5 nitrogen and oxygen atoms in total. The standard InChI is InChI=1S/C16H13BrO5/c1-21-14-6-4-9-7-10(3-5-11(9)15(14)17)12(18)8-13(19)16(20)22-2/h3-7H,8H2,1-2H3. The lowest BCUT2D eigenvalue weighted by atomic mass is 10.0. The van der Waals surface area contributed by atoms with E-state index >= 15 is 0 Å². The van der Waals surface area contributed by atoms with E-state index in [2.05, 4.69) is 20.7 Å². The number of benzene rings is 2. The van der Waals surface area contributed by atoms with Gasteiger partial charge >= 0.3 is 5.97 Å². The van der Waals surface area contributed by atoms with Crippen LogP contribution in [0.2, 0.25) is 0 Å². The van der Waals surface area contributed by atoms with Gasteiger partial charge in [0.2, 0.25) is 5.78 Å². The second-order valence-electron chi connectivity index (χ2n) is 4.53. The van der Waals surface area contributed by atoms with Gasteiger partial charge in [0.1, 0.15) is 5.75 Å². The van der Waals surface area contributed by atoms with Gasteiger partial charge in [-0.1, -0.05) is 18.2 Å². The van der Waals surface area contributed by atoms with E-state index in [1.165, 1.54) is 0 Å². The van der Waals surface area contributed by atoms with E-state index < -0.39 is 24.0 Å². The topological polar surface area (TPSA) is 69.7 Å². The Morgan fingerprint density at radius 3 is 2.45 bits per heavy atom. The van der Waals surface area contributed by atoms with Crippen molar-refractivity contribution in [1.82, 2.24) is 0 Å². The first kappa shape index (κ1) is 16.2. The third-order valence-electron chi connectivity index (χ3n) is 3.19. The number of halogens is 1. The molecule has 0 atom stereocenters. The normalized spacial score (nSPS) is 10.3. The first-order chi connectivity index (χ1) is 10.5. The molecule has 0 aliphatic rings. The largest absolute Gasteiger partial charge is 0.496 e. The number of Topliss-reactive ketones (excluding diaryl/α,β-unsaturated/α-hetero) is 2. The van der Waals surface area contributed by atoms with Crippen LogP contribution in [0, 0.1) is 0 Å². The lowest BCUT2D eigenvalue weighted by Gasteiger charge is -2.08. The predicted molar refractivity (Wildman–Crippen MR) is 84.2 cm³/mol. The lowest BCUT2D eigenvalue weighted by molar-refractivity contribution is -0.151. The Hall–Kier alpha value is -2.21. The molecular formula is C16H13BrO5. The molecule has 0 aliphatic heterocycles. The van der Waals surface area contributed by atoms with Crippen LogP contribution >= 0.6 is 15.9 Å². The maximum atomic E-state index is 12.1. The maximum Gasteiger partial charge on any atom is 0.374 e. The number of ether oxygens (including phenoxy) is 2. The third-order valence-corrected chi connectivity index (χ3v) is 4.01. The molecule has 0 saturated carbocycles. The zero-order valence-electron chi connectivity index (χ0n) is 12.0. The minimum atomic E-state index is -1.01. The van der Waals surface area contributed by atoms with Gasteiger partial charge in [-0.25, -0.2) is 4.79 Å². The Bertz CT molecular complexity index is 766. The molecule has 0 bridgehead atoms. The number of rotatable bonds is 5. The Labute approximate surface area is 135 Å². The minimum absolute atomic E-state index is 0.363. The Morgan fingerprint density at radius 1 is 1.09 bits per heavy atom. The van der Waals surface area contributed by atoms with Crippen LogP contribution in [0.15, 0.2) is 34.8 Å². The van der Waals surface area contributed by atoms with Crippen LogP contribution < -0.4 is 4.74 Å². The van der Waals surface area contributed by atoms with Gasteiger partial charge in [-0.05, 0) is 38.8 Å². The number of carbonyl (C=O) groups excluding carboxylic acids is 3. The van der Waals surface area contributed by atoms with Crippen molar-refractivity contribution in [2.24, 2.45) is 0 Å². The van der Waals surface area contributed by atoms with Crippen LogP contribution in [0.1, 0.15) is 16.8 Å². The van der Waals surface area contributed by atoms with Crippen LogP contribution in [-0.2, 0) is 14.3 Å². The van der Waals surface area contributed by atoms with Crippen molar-refractivity contribution >= 4 is 44.2 Å². The monoisotopic (exact) mass is 364 g/mol. The molecular weight excluding hydrogens is 352 g/mol. The molecule has 6 heteroatoms. The summed E-state index contributed by atoms with van der Waals surface area (Å²) in [6.07, 6.45) is -0.504. The lowest BCUT2D eigenvalue weighted by Crippen LogP contribution is -2.19. The number of fused-ring (bicyclic) bond motifs is 1. The van der Waals surface area contributed by atoms with Gasteiger partial charge in [0.25, 0.3) is 0 Å². The molecule has 22 heavy (non-hydrogen) atoms. The van der Waals surface area contributed by atoms with Crippen LogP contribution in [0.5, 0.6) is 5.75 Å². The van der Waals surface area contributed by atoms with E-state index in [1.54, 1.807) is 31.4 Å². The molecule has 0 radical (unpaired) electrons. The molecule has 2 aromatic carbocycles. The van der Waals surface area contributed by atoms with Gasteiger partial charge in [-0.3, -0.25) is 9.59 Å². The summed E-state index contributed by atoms with van der Waals surface area (Å²) in [5.74, 6) is -1.61. The average molecular weight is 365 g/mol. The minimum Gasteiger partial charge on any atom is -0.496 e. The van der Waals surface area contributed by atoms with E-state index in [-0.39, 0.29) is 0 Å². The van der Waals surface area contributed by atoms with E-state index in [9.17, 15) is 14.4 Å². The molecule has 0 N–H and O–H groups in total. The highest BCUT2D eigenvalue weighted by Crippen LogP contribution is 2.33. The van der Waals surface area contributed by atoms with Crippen molar-refractivity contribution in [3.8, 4) is 5.75 Å². The van der Waals surface area contributed by atoms with Gasteiger partial charge in [-0.15, -0.1) is 0 Å². The number of hydrogen-bond donors (Lipinski definition) is 0. The van der Waals surface area contributed by atoms with E-state index in [0.29, 0.717) is 11.3 Å². The Kier molecular flexibility index (Phi) is 4.92. The first-order valence-electron chi connectivity index (χ1n) is 6.38. The summed E-state index contributed by atoms with van der Waals surface area (Å²) in [7, 11) is 2.67. The fourth-order valence-corrected chi connectivity index (χ4v) is 2.69. The van der Waals surface area contributed by atoms with Gasteiger partial charge < -0.3 is 9.47 Å². The van der Waals surface area contributed by atoms with Crippen molar-refractivity contribution in [2.45, 2.75) is 6.42 Å². The summed E-state index contributed by atoms with van der Waals surface area (Å²) in [6, 6.07) is 8.64. The number of carbonyl (C=O) groups is 3. The second kappa shape index (κ2) is 6.70. The zero-order valence-corrected chi connectivity index (χ0v) is 13.6. The van der Waals surface area contributed by atoms with Crippen LogP contribution in [-0.4, -0.2) is 31.8 Å². The summed E-state index contributed by atoms with van der Waals surface area (Å²) >= 11 is 3.45. The van der Waals surface area contributed by atoms with Crippen LogP contribution in [0.25, 0.3) is 10.8 Å². The summed E-state index contributed by atoms with van der Waals surface area (Å²) in [6.45, 7) is 0. The molecule has 2 aromatic rings. The number of ketones is 2. The zero-order chi connectivity index (χ0) is 16.3. The number of methoxy groups -OCH3 is 2. The van der Waals surface area contributed by atoms with Gasteiger partial charge in [0.15, 0.2) is 5.78 Å². The van der Waals surface area contributed by atoms with Crippen molar-refractivity contribution in [3.63, 3.8) is 0 Å². The predicted octanol–water partition coefficient (Wildman–Crippen LogP) is 2.93. The Balaban J connectivity index is 2.32. The van der Waals surface area contributed by atoms with Crippen LogP contribution in [0.3, 0.4) is 0 Å². The summed E-state index contributed by atoms with van der Waals surface area (Å²) < 4.78 is 10.3. The Morgan fingerprint density at radius 2 is 1.82 bits per heavy atom. The van der Waals surface area contributed by atoms with Crippen molar-refractivity contribution in [3.05, 3.63) is 40.4 Å². The summed E-state index contributed by atoms with van der Waals surface area (Å²) in [4.78, 5) is 34.6. The molecule has 0 unspecified atom stereocenters. The van der Waals surface area contributed by atoms with Crippen LogP contribution in [0.4, 0.5) is 0 Å². The highest BCUT2D eigenvalue weighted by Gasteiger charge is 2.19. The molecule has 2 rings (SSSR count).